The SMILES string of the molecule is O=C(c1ccn[nH]1)N1CCC[C@@H](c2ccccc2)CC1. The number of nitrogens with zero attached hydrogens (tertiary/aromatic N) is 2. The zero-order valence-corrected chi connectivity index (χ0v) is 11.5. The Morgan fingerprint density at radius 2 is 2.00 bits per heavy atom. The number of rotatable bonds is 2. The van der Waals surface area contributed by atoms with Gasteiger partial charge in [0.15, 0.2) is 0 Å². The largest absolute Gasteiger partial charge is 0.337 e. The van der Waals surface area contributed by atoms with Gasteiger partial charge in [-0.15, -0.1) is 0 Å². The first-order valence-corrected chi connectivity index (χ1v) is 7.18. The third kappa shape index (κ3) is 2.74. The van der Waals surface area contributed by atoms with Gasteiger partial charge in [0.2, 0.25) is 0 Å². The van der Waals surface area contributed by atoms with Gasteiger partial charge >= 0.3 is 0 Å². The van der Waals surface area contributed by atoms with Crippen molar-refractivity contribution in [3.8, 4) is 0 Å². The molecule has 0 unspecified atom stereocenters. The molecule has 20 heavy (non-hydrogen) atoms. The van der Waals surface area contributed by atoms with Gasteiger partial charge in [-0.05, 0) is 36.8 Å². The first-order valence-electron chi connectivity index (χ1n) is 7.18. The van der Waals surface area contributed by atoms with Crippen molar-refractivity contribution < 1.29 is 4.79 Å². The number of carbonyl (C=O) groups is 1. The molecule has 1 aliphatic heterocycles. The van der Waals surface area contributed by atoms with Crippen LogP contribution >= 0.6 is 0 Å². The van der Waals surface area contributed by atoms with Crippen LogP contribution in [0.2, 0.25) is 0 Å². The van der Waals surface area contributed by atoms with E-state index >= 15 is 0 Å². The van der Waals surface area contributed by atoms with E-state index in [0.717, 1.165) is 32.4 Å². The maximum absolute atomic E-state index is 12.3. The number of aromatic nitrogens is 2. The fourth-order valence-corrected chi connectivity index (χ4v) is 2.90. The van der Waals surface area contributed by atoms with Crippen LogP contribution in [0.4, 0.5) is 0 Å². The van der Waals surface area contributed by atoms with E-state index < -0.39 is 0 Å². The number of nitrogens with one attached hydrogen (secondary N) is 1. The highest BCUT2D eigenvalue weighted by atomic mass is 16.2. The van der Waals surface area contributed by atoms with Crippen LogP contribution in [-0.4, -0.2) is 34.1 Å². The zero-order chi connectivity index (χ0) is 13.8. The Morgan fingerprint density at radius 1 is 1.15 bits per heavy atom. The second-order valence-electron chi connectivity index (χ2n) is 5.30. The molecule has 3 rings (SSSR count). The lowest BCUT2D eigenvalue weighted by Crippen LogP contribution is -2.32. The lowest BCUT2D eigenvalue weighted by Gasteiger charge is -2.19. The molecule has 1 saturated heterocycles. The Bertz CT molecular complexity index is 550. The van der Waals surface area contributed by atoms with Gasteiger partial charge in [-0.25, -0.2) is 0 Å². The molecule has 1 N–H and O–H groups in total. The predicted octanol–water partition coefficient (Wildman–Crippen LogP) is 2.82. The molecular formula is C16H19N3O. The Balaban J connectivity index is 1.67. The van der Waals surface area contributed by atoms with Crippen molar-refractivity contribution in [1.82, 2.24) is 15.1 Å². The Labute approximate surface area is 118 Å². The van der Waals surface area contributed by atoms with E-state index in [1.165, 1.54) is 5.56 Å². The van der Waals surface area contributed by atoms with Gasteiger partial charge in [0.1, 0.15) is 5.69 Å². The lowest BCUT2D eigenvalue weighted by molar-refractivity contribution is 0.0755. The number of carbonyl (C=O) groups excluding carboxylic acids is 1. The first kappa shape index (κ1) is 12.9. The van der Waals surface area contributed by atoms with Gasteiger partial charge in [-0.2, -0.15) is 5.10 Å². The minimum absolute atomic E-state index is 0.0659. The zero-order valence-electron chi connectivity index (χ0n) is 11.5. The normalized spacial score (nSPS) is 19.6. The summed E-state index contributed by atoms with van der Waals surface area (Å²) in [6, 6.07) is 12.4. The lowest BCUT2D eigenvalue weighted by atomic mass is 9.92. The fourth-order valence-electron chi connectivity index (χ4n) is 2.90. The predicted molar refractivity (Wildman–Crippen MR) is 77.5 cm³/mol. The van der Waals surface area contributed by atoms with Gasteiger partial charge in [-0.3, -0.25) is 9.89 Å². The minimum Gasteiger partial charge on any atom is -0.337 e. The summed E-state index contributed by atoms with van der Waals surface area (Å²) in [5.74, 6) is 0.631. The average molecular weight is 269 g/mol. The van der Waals surface area contributed by atoms with Crippen molar-refractivity contribution in [3.63, 3.8) is 0 Å². The summed E-state index contributed by atoms with van der Waals surface area (Å²) >= 11 is 0. The number of benzene rings is 1. The first-order chi connectivity index (χ1) is 9.84. The number of hydrogen-bond acceptors (Lipinski definition) is 2. The summed E-state index contributed by atoms with van der Waals surface area (Å²) in [5, 5.41) is 6.61. The van der Waals surface area contributed by atoms with Gasteiger partial charge in [-0.1, -0.05) is 30.3 Å². The number of likely N-dealkylation sites (tertiary alicyclic amines) is 1. The topological polar surface area (TPSA) is 49.0 Å². The van der Waals surface area contributed by atoms with Crippen molar-refractivity contribution in [2.75, 3.05) is 13.1 Å². The van der Waals surface area contributed by atoms with Crippen molar-refractivity contribution in [2.24, 2.45) is 0 Å². The Morgan fingerprint density at radius 3 is 2.75 bits per heavy atom. The number of H-pyrrole nitrogens is 1. The smallest absolute Gasteiger partial charge is 0.271 e. The van der Waals surface area contributed by atoms with Crippen LogP contribution in [0.15, 0.2) is 42.6 Å². The van der Waals surface area contributed by atoms with Crippen LogP contribution in [0.5, 0.6) is 0 Å². The highest BCUT2D eigenvalue weighted by Crippen LogP contribution is 2.28. The highest BCUT2D eigenvalue weighted by molar-refractivity contribution is 5.92. The fraction of sp³-hybridized carbons (Fsp3) is 0.375. The second kappa shape index (κ2) is 5.90. The summed E-state index contributed by atoms with van der Waals surface area (Å²) in [6.07, 6.45) is 4.86. The molecule has 1 aliphatic rings. The molecule has 2 aromatic rings. The van der Waals surface area contributed by atoms with Crippen molar-refractivity contribution in [3.05, 3.63) is 53.9 Å². The van der Waals surface area contributed by atoms with Crippen molar-refractivity contribution in [2.45, 2.75) is 25.2 Å². The molecule has 4 heteroatoms. The Kier molecular flexibility index (Phi) is 3.81. The summed E-state index contributed by atoms with van der Waals surface area (Å²) in [6.45, 7) is 1.65. The average Bonchev–Trinajstić information content (AvgIpc) is 2.92. The van der Waals surface area contributed by atoms with E-state index in [2.05, 4.69) is 34.5 Å². The quantitative estimate of drug-likeness (QED) is 0.911. The molecule has 2 heterocycles. The molecule has 1 atom stereocenters. The maximum Gasteiger partial charge on any atom is 0.271 e. The molecule has 104 valence electrons. The summed E-state index contributed by atoms with van der Waals surface area (Å²) < 4.78 is 0. The summed E-state index contributed by atoms with van der Waals surface area (Å²) in [4.78, 5) is 14.3. The second-order valence-corrected chi connectivity index (χ2v) is 5.30. The molecule has 1 fully saturated rings. The molecule has 0 bridgehead atoms. The molecule has 0 aliphatic carbocycles. The number of amides is 1. The summed E-state index contributed by atoms with van der Waals surface area (Å²) in [5.41, 5.74) is 1.98. The molecule has 1 aromatic heterocycles. The van der Waals surface area contributed by atoms with Gasteiger partial charge in [0.25, 0.3) is 5.91 Å². The van der Waals surface area contributed by atoms with Crippen molar-refractivity contribution in [1.29, 1.82) is 0 Å². The monoisotopic (exact) mass is 269 g/mol. The highest BCUT2D eigenvalue weighted by Gasteiger charge is 2.22. The number of aromatic amines is 1. The molecule has 0 spiro atoms. The van der Waals surface area contributed by atoms with E-state index in [0.29, 0.717) is 11.6 Å². The molecule has 0 saturated carbocycles. The van der Waals surface area contributed by atoms with E-state index in [9.17, 15) is 4.79 Å². The van der Waals surface area contributed by atoms with Crippen LogP contribution in [0.25, 0.3) is 0 Å². The van der Waals surface area contributed by atoms with Gasteiger partial charge < -0.3 is 4.90 Å². The van der Waals surface area contributed by atoms with E-state index in [4.69, 9.17) is 0 Å². The van der Waals surface area contributed by atoms with Crippen molar-refractivity contribution >= 4 is 5.91 Å². The van der Waals surface area contributed by atoms with Crippen LogP contribution < -0.4 is 0 Å². The maximum atomic E-state index is 12.3. The van der Waals surface area contributed by atoms with Crippen LogP contribution in [-0.2, 0) is 0 Å². The minimum atomic E-state index is 0.0659. The van der Waals surface area contributed by atoms with E-state index in [-0.39, 0.29) is 5.91 Å². The third-order valence-corrected chi connectivity index (χ3v) is 4.02. The van der Waals surface area contributed by atoms with Gasteiger partial charge in [0, 0.05) is 19.3 Å². The third-order valence-electron chi connectivity index (χ3n) is 4.02. The Hall–Kier alpha value is -2.10. The molecule has 4 nitrogen and oxygen atoms in total. The summed E-state index contributed by atoms with van der Waals surface area (Å²) in [7, 11) is 0. The number of hydrogen-bond donors (Lipinski definition) is 1. The molecule has 0 radical (unpaired) electrons. The molecule has 1 amide bonds. The van der Waals surface area contributed by atoms with Crippen LogP contribution in [0.3, 0.4) is 0 Å². The standard InChI is InChI=1S/C16H19N3O/c20-16(15-8-10-17-18-15)19-11-4-7-14(9-12-19)13-5-2-1-3-6-13/h1-3,5-6,8,10,14H,4,7,9,11-12H2,(H,17,18)/t14-/m1/s1. The molecule has 1 aromatic carbocycles. The molecular weight excluding hydrogens is 250 g/mol. The van der Waals surface area contributed by atoms with Crippen LogP contribution in [0.1, 0.15) is 41.2 Å². The van der Waals surface area contributed by atoms with E-state index in [1.54, 1.807) is 12.3 Å². The van der Waals surface area contributed by atoms with E-state index in [1.807, 2.05) is 11.0 Å². The van der Waals surface area contributed by atoms with Gasteiger partial charge in [0.05, 0.1) is 0 Å². The van der Waals surface area contributed by atoms with Crippen LogP contribution in [0, 0.1) is 0 Å².